The molecule has 1 aliphatic rings. The van der Waals surface area contributed by atoms with Crippen LogP contribution in [0.25, 0.3) is 0 Å². The second kappa shape index (κ2) is 7.47. The van der Waals surface area contributed by atoms with Gasteiger partial charge >= 0.3 is 0 Å². The van der Waals surface area contributed by atoms with Gasteiger partial charge in [-0.3, -0.25) is 4.58 Å². The van der Waals surface area contributed by atoms with E-state index in [2.05, 4.69) is 75.0 Å². The highest BCUT2D eigenvalue weighted by atomic mass is 28.3. The fraction of sp³-hybridized carbons (Fsp3) is 0.682. The summed E-state index contributed by atoms with van der Waals surface area (Å²) < 4.78 is 2.45. The van der Waals surface area contributed by atoms with E-state index in [4.69, 9.17) is 0 Å². The van der Waals surface area contributed by atoms with Crippen molar-refractivity contribution in [1.29, 1.82) is 0 Å². The number of aliphatic hydroxyl groups is 1. The predicted molar refractivity (Wildman–Crippen MR) is 117 cm³/mol. The maximum Gasteiger partial charge on any atom is 0.216 e. The topological polar surface area (TPSA) is 26.5 Å². The van der Waals surface area contributed by atoms with Crippen LogP contribution in [-0.2, 0) is 0 Å². The van der Waals surface area contributed by atoms with Gasteiger partial charge in [0.25, 0.3) is 0 Å². The molecule has 0 saturated heterocycles. The molecule has 4 heteroatoms. The summed E-state index contributed by atoms with van der Waals surface area (Å²) in [4.78, 5) is 2.60. The summed E-state index contributed by atoms with van der Waals surface area (Å²) in [7, 11) is -1.59. The average Bonchev–Trinajstić information content (AvgIpc) is 2.87. The monoisotopic (exact) mass is 375 g/mol. The first-order chi connectivity index (χ1) is 11.8. The van der Waals surface area contributed by atoms with Crippen molar-refractivity contribution in [2.24, 2.45) is 0 Å². The number of amidine groups is 1. The van der Waals surface area contributed by atoms with E-state index in [0.717, 1.165) is 13.1 Å². The summed E-state index contributed by atoms with van der Waals surface area (Å²) in [5.74, 6) is 0.991. The van der Waals surface area contributed by atoms with Gasteiger partial charge in [-0.05, 0) is 25.7 Å². The van der Waals surface area contributed by atoms with Crippen LogP contribution in [0, 0.1) is 0 Å². The first-order valence-corrected chi connectivity index (χ1v) is 13.6. The van der Waals surface area contributed by atoms with Crippen LogP contribution in [0.1, 0.15) is 64.5 Å². The summed E-state index contributed by atoms with van der Waals surface area (Å²) in [6.07, 6.45) is 0. The lowest BCUT2D eigenvalue weighted by atomic mass is 9.92. The fourth-order valence-electron chi connectivity index (χ4n) is 4.14. The number of para-hydroxylation sites is 1. The van der Waals surface area contributed by atoms with Crippen molar-refractivity contribution in [2.75, 3.05) is 24.5 Å². The molecule has 0 bridgehead atoms. The maximum absolute atomic E-state index is 10.4. The Morgan fingerprint density at radius 3 is 1.96 bits per heavy atom. The minimum absolute atomic E-state index is 0.495. The first-order valence-electron chi connectivity index (χ1n) is 10.1. The number of nitrogens with zero attached hydrogens (tertiary/aromatic N) is 2. The second-order valence-electron chi connectivity index (χ2n) is 10.1. The van der Waals surface area contributed by atoms with Gasteiger partial charge in [0.1, 0.15) is 25.3 Å². The van der Waals surface area contributed by atoms with Crippen LogP contribution in [0.5, 0.6) is 0 Å². The molecule has 0 spiro atoms. The summed E-state index contributed by atoms with van der Waals surface area (Å²) >= 11 is 0. The Bertz CT molecular complexity index is 652. The predicted octanol–water partition coefficient (Wildman–Crippen LogP) is 4.81. The molecule has 26 heavy (non-hydrogen) atoms. The van der Waals surface area contributed by atoms with Crippen molar-refractivity contribution in [3.05, 3.63) is 29.3 Å². The minimum Gasteiger partial charge on any atom is -0.386 e. The fourth-order valence-corrected chi connectivity index (χ4v) is 6.32. The highest BCUT2D eigenvalue weighted by Gasteiger charge is 2.44. The molecule has 3 nitrogen and oxygen atoms in total. The SMILES string of the molecule is CC(C)c1cccc(C(C)C)c1N1CC[N+](CC(C)(C)O)=C1[Si](C)(C)C. The molecular formula is C22H39N2OSi+. The van der Waals surface area contributed by atoms with Gasteiger partial charge in [-0.2, -0.15) is 0 Å². The van der Waals surface area contributed by atoms with Gasteiger partial charge in [0.15, 0.2) is 8.07 Å². The van der Waals surface area contributed by atoms with Crippen LogP contribution in [-0.4, -0.2) is 48.5 Å². The number of hydrogen-bond acceptors (Lipinski definition) is 2. The Hall–Kier alpha value is -1.13. The molecule has 1 heterocycles. The van der Waals surface area contributed by atoms with Crippen LogP contribution in [0.2, 0.25) is 19.6 Å². The number of benzene rings is 1. The molecule has 1 aromatic rings. The van der Waals surface area contributed by atoms with E-state index < -0.39 is 13.7 Å². The van der Waals surface area contributed by atoms with Crippen molar-refractivity contribution in [2.45, 2.75) is 78.6 Å². The van der Waals surface area contributed by atoms with Gasteiger partial charge in [-0.25, -0.2) is 4.90 Å². The number of anilines is 1. The Morgan fingerprint density at radius 1 is 1.08 bits per heavy atom. The van der Waals surface area contributed by atoms with Crippen molar-refractivity contribution < 1.29 is 9.68 Å². The Balaban J connectivity index is 2.68. The number of hydrogen-bond donors (Lipinski definition) is 1. The number of rotatable bonds is 6. The van der Waals surface area contributed by atoms with E-state index in [1.165, 1.54) is 22.3 Å². The Labute approximate surface area is 161 Å². The van der Waals surface area contributed by atoms with Gasteiger partial charge in [-0.15, -0.1) is 0 Å². The van der Waals surface area contributed by atoms with Crippen molar-refractivity contribution in [1.82, 2.24) is 0 Å². The maximum atomic E-state index is 10.4. The molecule has 0 aromatic heterocycles. The summed E-state index contributed by atoms with van der Waals surface area (Å²) in [6.45, 7) is 23.0. The molecule has 0 radical (unpaired) electrons. The minimum atomic E-state index is -1.59. The molecule has 1 aromatic carbocycles. The van der Waals surface area contributed by atoms with Gasteiger partial charge in [-0.1, -0.05) is 65.5 Å². The molecule has 0 atom stereocenters. The summed E-state index contributed by atoms with van der Waals surface area (Å²) in [5, 5.41) is 10.4. The van der Waals surface area contributed by atoms with E-state index in [1.54, 1.807) is 0 Å². The second-order valence-corrected chi connectivity index (χ2v) is 15.0. The third-order valence-corrected chi connectivity index (χ3v) is 6.94. The highest BCUT2D eigenvalue weighted by molar-refractivity contribution is 7.04. The zero-order chi connectivity index (χ0) is 19.9. The number of β-amino-alcohol motifs (C(OH)–C–C–N with tert-alkyl or cyclic N) is 1. The lowest BCUT2D eigenvalue weighted by Crippen LogP contribution is -2.49. The van der Waals surface area contributed by atoms with Gasteiger partial charge in [0.05, 0.1) is 5.60 Å². The molecule has 1 N–H and O–H groups in total. The lowest BCUT2D eigenvalue weighted by molar-refractivity contribution is -0.532. The van der Waals surface area contributed by atoms with E-state index in [9.17, 15) is 5.11 Å². The van der Waals surface area contributed by atoms with Crippen LogP contribution >= 0.6 is 0 Å². The van der Waals surface area contributed by atoms with Crippen LogP contribution in [0.4, 0.5) is 5.69 Å². The Morgan fingerprint density at radius 2 is 1.58 bits per heavy atom. The van der Waals surface area contributed by atoms with Gasteiger partial charge < -0.3 is 5.11 Å². The van der Waals surface area contributed by atoms with Crippen LogP contribution in [0.3, 0.4) is 0 Å². The zero-order valence-electron chi connectivity index (χ0n) is 18.3. The standard InChI is InChI=1S/C22H39N2OSi/c1-16(2)18-11-10-12-19(17(3)4)20(18)24-14-13-23(15-22(5,6)25)21(24)26(7,8)9/h10-12,16-17,25H,13-15H2,1-9H3/q+1. The highest BCUT2D eigenvalue weighted by Crippen LogP contribution is 2.37. The van der Waals surface area contributed by atoms with Crippen LogP contribution in [0.15, 0.2) is 18.2 Å². The zero-order valence-corrected chi connectivity index (χ0v) is 19.3. The molecule has 0 saturated carbocycles. The normalized spacial score (nSPS) is 16.4. The van der Waals surface area contributed by atoms with Crippen LogP contribution < -0.4 is 4.90 Å². The van der Waals surface area contributed by atoms with Crippen molar-refractivity contribution in [3.63, 3.8) is 0 Å². The molecule has 146 valence electrons. The molecule has 1 aliphatic heterocycles. The van der Waals surface area contributed by atoms with E-state index in [-0.39, 0.29) is 0 Å². The molecule has 0 fully saturated rings. The van der Waals surface area contributed by atoms with E-state index in [1.807, 2.05) is 13.8 Å². The van der Waals surface area contributed by atoms with Gasteiger partial charge in [0, 0.05) is 11.1 Å². The third kappa shape index (κ3) is 4.58. The average molecular weight is 376 g/mol. The molecule has 0 amide bonds. The van der Waals surface area contributed by atoms with E-state index >= 15 is 0 Å². The van der Waals surface area contributed by atoms with Crippen molar-refractivity contribution in [3.8, 4) is 0 Å². The molecular weight excluding hydrogens is 336 g/mol. The third-order valence-electron chi connectivity index (χ3n) is 5.01. The van der Waals surface area contributed by atoms with Gasteiger partial charge in [0.2, 0.25) is 5.46 Å². The summed E-state index contributed by atoms with van der Waals surface area (Å²) in [5.41, 5.74) is 5.09. The molecule has 2 rings (SSSR count). The largest absolute Gasteiger partial charge is 0.386 e. The Kier molecular flexibility index (Phi) is 6.08. The van der Waals surface area contributed by atoms with E-state index in [0.29, 0.717) is 18.4 Å². The molecule has 0 aliphatic carbocycles. The first kappa shape index (κ1) is 21.2. The van der Waals surface area contributed by atoms with Crippen molar-refractivity contribution >= 4 is 19.2 Å². The smallest absolute Gasteiger partial charge is 0.216 e. The molecule has 0 unspecified atom stereocenters. The summed E-state index contributed by atoms with van der Waals surface area (Å²) in [6, 6.07) is 6.81. The lowest BCUT2D eigenvalue weighted by Gasteiger charge is -2.28. The quantitative estimate of drug-likeness (QED) is 0.570.